The van der Waals surface area contributed by atoms with Crippen molar-refractivity contribution in [3.05, 3.63) is 73.2 Å². The molecule has 2 aromatic rings. The first-order valence-corrected chi connectivity index (χ1v) is 7.45. The van der Waals surface area contributed by atoms with Crippen molar-refractivity contribution in [2.24, 2.45) is 0 Å². The minimum Gasteiger partial charge on any atom is -0.454 e. The Bertz CT molecular complexity index is 815. The van der Waals surface area contributed by atoms with E-state index in [4.69, 9.17) is 27.9 Å². The molecule has 0 saturated carbocycles. The van der Waals surface area contributed by atoms with Crippen molar-refractivity contribution in [2.45, 2.75) is 6.92 Å². The SMILES string of the molecule is Cc1ccc(C(=O)COC(=O)c2cc(Cl)cc(Cl)c2)cc1[N+](=O)[O-]. The van der Waals surface area contributed by atoms with Crippen molar-refractivity contribution in [1.82, 2.24) is 0 Å². The standard InChI is InChI=1S/C16H11Cl2NO5/c1-9-2-3-10(6-14(9)19(22)23)15(20)8-24-16(21)11-4-12(17)7-13(18)5-11/h2-7H,8H2,1H3. The highest BCUT2D eigenvalue weighted by molar-refractivity contribution is 6.35. The number of nitro benzene ring substituents is 1. The van der Waals surface area contributed by atoms with Crippen LogP contribution in [0.5, 0.6) is 0 Å². The van der Waals surface area contributed by atoms with Crippen LogP contribution in [0.2, 0.25) is 10.0 Å². The molecular formula is C16H11Cl2NO5. The Hall–Kier alpha value is -2.44. The van der Waals surface area contributed by atoms with Crippen molar-refractivity contribution in [3.63, 3.8) is 0 Å². The molecule has 0 amide bonds. The lowest BCUT2D eigenvalue weighted by Crippen LogP contribution is -2.14. The number of nitro groups is 1. The molecule has 0 heterocycles. The van der Waals surface area contributed by atoms with Gasteiger partial charge in [0.1, 0.15) is 0 Å². The summed E-state index contributed by atoms with van der Waals surface area (Å²) >= 11 is 11.6. The number of esters is 1. The first-order chi connectivity index (χ1) is 11.3. The normalized spacial score (nSPS) is 10.3. The molecule has 0 N–H and O–H groups in total. The van der Waals surface area contributed by atoms with E-state index in [9.17, 15) is 19.7 Å². The summed E-state index contributed by atoms with van der Waals surface area (Å²) in [6.45, 7) is 1.01. The fourth-order valence-corrected chi connectivity index (χ4v) is 2.48. The van der Waals surface area contributed by atoms with E-state index >= 15 is 0 Å². The lowest BCUT2D eigenvalue weighted by atomic mass is 10.1. The van der Waals surface area contributed by atoms with Crippen molar-refractivity contribution in [1.29, 1.82) is 0 Å². The minimum absolute atomic E-state index is 0.0872. The van der Waals surface area contributed by atoms with E-state index in [1.54, 1.807) is 6.92 Å². The average molecular weight is 368 g/mol. The molecule has 2 rings (SSSR count). The van der Waals surface area contributed by atoms with Crippen molar-refractivity contribution >= 4 is 40.6 Å². The van der Waals surface area contributed by atoms with Gasteiger partial charge in [0.2, 0.25) is 5.78 Å². The van der Waals surface area contributed by atoms with Crippen molar-refractivity contribution in [3.8, 4) is 0 Å². The fraction of sp³-hybridized carbons (Fsp3) is 0.125. The summed E-state index contributed by atoms with van der Waals surface area (Å²) in [4.78, 5) is 34.3. The van der Waals surface area contributed by atoms with Crippen LogP contribution in [0.25, 0.3) is 0 Å². The Morgan fingerprint density at radius 3 is 2.29 bits per heavy atom. The van der Waals surface area contributed by atoms with Gasteiger partial charge in [0, 0.05) is 27.2 Å². The maximum absolute atomic E-state index is 12.0. The highest BCUT2D eigenvalue weighted by atomic mass is 35.5. The molecule has 24 heavy (non-hydrogen) atoms. The van der Waals surface area contributed by atoms with Crippen LogP contribution in [0.15, 0.2) is 36.4 Å². The van der Waals surface area contributed by atoms with Gasteiger partial charge < -0.3 is 4.74 Å². The molecule has 0 aliphatic rings. The summed E-state index contributed by atoms with van der Waals surface area (Å²) in [5.41, 5.74) is 0.454. The molecule has 0 spiro atoms. The fourth-order valence-electron chi connectivity index (χ4n) is 1.95. The van der Waals surface area contributed by atoms with Gasteiger partial charge in [0.25, 0.3) is 5.69 Å². The number of hydrogen-bond donors (Lipinski definition) is 0. The number of hydrogen-bond acceptors (Lipinski definition) is 5. The summed E-state index contributed by atoms with van der Waals surface area (Å²) < 4.78 is 4.91. The van der Waals surface area contributed by atoms with E-state index in [0.29, 0.717) is 5.56 Å². The van der Waals surface area contributed by atoms with Gasteiger partial charge in [-0.1, -0.05) is 35.3 Å². The molecule has 0 bridgehead atoms. The number of nitrogens with zero attached hydrogens (tertiary/aromatic N) is 1. The number of ether oxygens (including phenoxy) is 1. The lowest BCUT2D eigenvalue weighted by Gasteiger charge is -2.06. The number of rotatable bonds is 5. The summed E-state index contributed by atoms with van der Waals surface area (Å²) in [6.07, 6.45) is 0. The zero-order valence-electron chi connectivity index (χ0n) is 12.4. The molecule has 0 aliphatic heterocycles. The third-order valence-electron chi connectivity index (χ3n) is 3.16. The van der Waals surface area contributed by atoms with Gasteiger partial charge in [0.05, 0.1) is 10.5 Å². The number of Topliss-reactive ketones (excluding diaryl/α,β-unsaturated/α-hetero) is 1. The monoisotopic (exact) mass is 367 g/mol. The number of halogens is 2. The third kappa shape index (κ3) is 4.31. The van der Waals surface area contributed by atoms with Gasteiger partial charge in [-0.15, -0.1) is 0 Å². The molecule has 6 nitrogen and oxygen atoms in total. The zero-order chi connectivity index (χ0) is 17.9. The van der Waals surface area contributed by atoms with Crippen LogP contribution in [0.4, 0.5) is 5.69 Å². The van der Waals surface area contributed by atoms with E-state index in [-0.39, 0.29) is 26.9 Å². The number of carbonyl (C=O) groups excluding carboxylic acids is 2. The van der Waals surface area contributed by atoms with Crippen LogP contribution in [0.3, 0.4) is 0 Å². The summed E-state index contributed by atoms with van der Waals surface area (Å²) in [7, 11) is 0. The maximum atomic E-state index is 12.0. The molecule has 0 atom stereocenters. The Balaban J connectivity index is 2.09. The van der Waals surface area contributed by atoms with E-state index < -0.39 is 23.3 Å². The molecule has 0 fully saturated rings. The van der Waals surface area contributed by atoms with Gasteiger partial charge in [-0.3, -0.25) is 14.9 Å². The molecule has 2 aromatic carbocycles. The van der Waals surface area contributed by atoms with E-state index in [1.807, 2.05) is 0 Å². The molecule has 0 aliphatic carbocycles. The molecule has 0 radical (unpaired) electrons. The number of ketones is 1. The quantitative estimate of drug-likeness (QED) is 0.341. The Morgan fingerprint density at radius 1 is 1.08 bits per heavy atom. The average Bonchev–Trinajstić information content (AvgIpc) is 2.51. The smallest absolute Gasteiger partial charge is 0.338 e. The van der Waals surface area contributed by atoms with Crippen LogP contribution < -0.4 is 0 Å². The number of benzene rings is 2. The molecular weight excluding hydrogens is 357 g/mol. The van der Waals surface area contributed by atoms with Crippen LogP contribution >= 0.6 is 23.2 Å². The molecule has 124 valence electrons. The molecule has 0 aromatic heterocycles. The van der Waals surface area contributed by atoms with Gasteiger partial charge in [-0.25, -0.2) is 4.79 Å². The number of carbonyl (C=O) groups is 2. The third-order valence-corrected chi connectivity index (χ3v) is 3.60. The van der Waals surface area contributed by atoms with Gasteiger partial charge >= 0.3 is 5.97 Å². The maximum Gasteiger partial charge on any atom is 0.338 e. The van der Waals surface area contributed by atoms with Crippen molar-refractivity contribution in [2.75, 3.05) is 6.61 Å². The second-order valence-corrected chi connectivity index (χ2v) is 5.79. The molecule has 0 unspecified atom stereocenters. The highest BCUT2D eigenvalue weighted by Gasteiger charge is 2.17. The predicted octanol–water partition coefficient (Wildman–Crippen LogP) is 4.25. The summed E-state index contributed by atoms with van der Waals surface area (Å²) in [5, 5.41) is 11.4. The van der Waals surface area contributed by atoms with Gasteiger partial charge in [-0.05, 0) is 25.1 Å². The Kier molecular flexibility index (Phi) is 5.54. The second kappa shape index (κ2) is 7.42. The topological polar surface area (TPSA) is 86.5 Å². The van der Waals surface area contributed by atoms with E-state index in [1.165, 1.54) is 30.3 Å². The zero-order valence-corrected chi connectivity index (χ0v) is 13.9. The van der Waals surface area contributed by atoms with Crippen molar-refractivity contribution < 1.29 is 19.2 Å². The highest BCUT2D eigenvalue weighted by Crippen LogP contribution is 2.21. The summed E-state index contributed by atoms with van der Waals surface area (Å²) in [6, 6.07) is 8.23. The first kappa shape index (κ1) is 17.9. The lowest BCUT2D eigenvalue weighted by molar-refractivity contribution is -0.385. The van der Waals surface area contributed by atoms with Crippen LogP contribution in [-0.2, 0) is 4.74 Å². The Labute approximate surface area is 147 Å². The predicted molar refractivity (Wildman–Crippen MR) is 88.9 cm³/mol. The minimum atomic E-state index is -0.769. The van der Waals surface area contributed by atoms with Gasteiger partial charge in [-0.2, -0.15) is 0 Å². The molecule has 0 saturated heterocycles. The van der Waals surface area contributed by atoms with Crippen LogP contribution in [-0.4, -0.2) is 23.3 Å². The number of aryl methyl sites for hydroxylation is 1. The second-order valence-electron chi connectivity index (χ2n) is 4.92. The largest absolute Gasteiger partial charge is 0.454 e. The van der Waals surface area contributed by atoms with E-state index in [0.717, 1.165) is 6.07 Å². The van der Waals surface area contributed by atoms with Crippen LogP contribution in [0, 0.1) is 17.0 Å². The first-order valence-electron chi connectivity index (χ1n) is 6.69. The van der Waals surface area contributed by atoms with E-state index in [2.05, 4.69) is 0 Å². The summed E-state index contributed by atoms with van der Waals surface area (Å²) in [5.74, 6) is -1.33. The van der Waals surface area contributed by atoms with Crippen LogP contribution in [0.1, 0.15) is 26.3 Å². The Morgan fingerprint density at radius 2 is 1.71 bits per heavy atom. The van der Waals surface area contributed by atoms with Gasteiger partial charge in [0.15, 0.2) is 6.61 Å². The molecule has 8 heteroatoms.